The van der Waals surface area contributed by atoms with Crippen LogP contribution in [0.2, 0.25) is 0 Å². The molecule has 0 aliphatic rings. The van der Waals surface area contributed by atoms with Crippen molar-refractivity contribution in [3.63, 3.8) is 0 Å². The fourth-order valence-corrected chi connectivity index (χ4v) is 5.37. The van der Waals surface area contributed by atoms with Crippen LogP contribution in [0.15, 0.2) is 0 Å². The molecule has 0 radical (unpaired) electrons. The summed E-state index contributed by atoms with van der Waals surface area (Å²) in [6.45, 7) is 12.0. The minimum atomic E-state index is 0.882. The molecule has 0 heterocycles. The van der Waals surface area contributed by atoms with Gasteiger partial charge in [-0.1, -0.05) is 195 Å². The van der Waals surface area contributed by atoms with Gasteiger partial charge >= 0.3 is 0 Å². The summed E-state index contributed by atoms with van der Waals surface area (Å²) in [7, 11) is 0. The van der Waals surface area contributed by atoms with Crippen molar-refractivity contribution in [3.05, 3.63) is 0 Å². The number of hydrogen-bond acceptors (Lipinski definition) is 0. The normalized spacial score (nSPS) is 13.6. The molecule has 0 nitrogen and oxygen atoms in total. The molecule has 0 spiro atoms. The van der Waals surface area contributed by atoms with E-state index in [-0.39, 0.29) is 0 Å². The Morgan fingerprint density at radius 2 is 0.576 bits per heavy atom. The Labute approximate surface area is 212 Å². The van der Waals surface area contributed by atoms with Crippen LogP contribution >= 0.6 is 0 Å². The van der Waals surface area contributed by atoms with Gasteiger partial charge in [0.05, 0.1) is 0 Å². The molecule has 0 aliphatic carbocycles. The number of hydrogen-bond donors (Lipinski definition) is 0. The monoisotopic (exact) mass is 465 g/mol. The Morgan fingerprint density at radius 1 is 0.303 bits per heavy atom. The molecular weight excluding hydrogens is 396 g/mol. The van der Waals surface area contributed by atoms with Gasteiger partial charge in [-0.2, -0.15) is 0 Å². The fraction of sp³-hybridized carbons (Fsp3) is 1.00. The van der Waals surface area contributed by atoms with E-state index in [1.54, 1.807) is 0 Å². The summed E-state index contributed by atoms with van der Waals surface area (Å²) in [6, 6.07) is 0. The molecule has 0 saturated carbocycles. The Morgan fingerprint density at radius 3 is 0.909 bits per heavy atom. The number of rotatable bonds is 27. The van der Waals surface area contributed by atoms with E-state index in [2.05, 4.69) is 34.6 Å². The highest BCUT2D eigenvalue weighted by atomic mass is 14.1. The molecular formula is C33H68. The van der Waals surface area contributed by atoms with Crippen molar-refractivity contribution in [3.8, 4) is 0 Å². The van der Waals surface area contributed by atoms with Gasteiger partial charge in [0.2, 0.25) is 0 Å². The highest BCUT2D eigenvalue weighted by Crippen LogP contribution is 2.21. The third-order valence-electron chi connectivity index (χ3n) is 7.92. The largest absolute Gasteiger partial charge is 0.0654 e. The van der Waals surface area contributed by atoms with Crippen LogP contribution in [-0.4, -0.2) is 0 Å². The van der Waals surface area contributed by atoms with Crippen LogP contribution < -0.4 is 0 Å². The molecule has 0 rings (SSSR count). The SMILES string of the molecule is CCCCCCCCCCCCCCCCCCC(C)CCCCCC(C)CCCC(C)C. The smallest absolute Gasteiger partial charge is 0.0443 e. The molecule has 0 aromatic carbocycles. The molecule has 0 heteroatoms. The summed E-state index contributed by atoms with van der Waals surface area (Å²) in [4.78, 5) is 0. The van der Waals surface area contributed by atoms with E-state index in [0.29, 0.717) is 0 Å². The van der Waals surface area contributed by atoms with E-state index in [1.807, 2.05) is 0 Å². The van der Waals surface area contributed by atoms with Crippen molar-refractivity contribution in [1.82, 2.24) is 0 Å². The highest BCUT2D eigenvalue weighted by Gasteiger charge is 2.05. The van der Waals surface area contributed by atoms with Crippen LogP contribution in [0.3, 0.4) is 0 Å². The maximum absolute atomic E-state index is 2.50. The van der Waals surface area contributed by atoms with Crippen molar-refractivity contribution < 1.29 is 0 Å². The van der Waals surface area contributed by atoms with Crippen LogP contribution in [0.25, 0.3) is 0 Å². The van der Waals surface area contributed by atoms with Crippen LogP contribution in [0.4, 0.5) is 0 Å². The van der Waals surface area contributed by atoms with Gasteiger partial charge in [-0.25, -0.2) is 0 Å². The average molecular weight is 465 g/mol. The summed E-state index contributed by atoms with van der Waals surface area (Å²) in [6.07, 6.45) is 36.7. The second kappa shape index (κ2) is 26.6. The summed E-state index contributed by atoms with van der Waals surface area (Å²) in [5, 5.41) is 0. The van der Waals surface area contributed by atoms with Gasteiger partial charge in [0.15, 0.2) is 0 Å². The average Bonchev–Trinajstić information content (AvgIpc) is 2.78. The zero-order valence-corrected chi connectivity index (χ0v) is 24.4. The van der Waals surface area contributed by atoms with Gasteiger partial charge in [-0.15, -0.1) is 0 Å². The Hall–Kier alpha value is 0. The lowest BCUT2D eigenvalue weighted by atomic mass is 9.93. The topological polar surface area (TPSA) is 0 Å². The lowest BCUT2D eigenvalue weighted by molar-refractivity contribution is 0.401. The van der Waals surface area contributed by atoms with E-state index in [0.717, 1.165) is 17.8 Å². The molecule has 0 bridgehead atoms. The predicted octanol–water partition coefficient (Wildman–Crippen LogP) is 12.7. The standard InChI is InChI=1S/C33H68/c1-6-7-8-9-10-11-12-13-14-15-16-17-18-19-20-22-27-32(4)28-23-21-24-29-33(5)30-25-26-31(2)3/h31-33H,6-30H2,1-5H3. The van der Waals surface area contributed by atoms with Crippen LogP contribution in [0, 0.1) is 17.8 Å². The van der Waals surface area contributed by atoms with Crippen LogP contribution in [-0.2, 0) is 0 Å². The third-order valence-corrected chi connectivity index (χ3v) is 7.92. The minimum absolute atomic E-state index is 0.882. The van der Waals surface area contributed by atoms with Crippen molar-refractivity contribution in [2.24, 2.45) is 17.8 Å². The molecule has 2 unspecified atom stereocenters. The van der Waals surface area contributed by atoms with Crippen molar-refractivity contribution >= 4 is 0 Å². The first-order valence-corrected chi connectivity index (χ1v) is 16.1. The molecule has 0 saturated heterocycles. The lowest BCUT2D eigenvalue weighted by Crippen LogP contribution is -1.98. The van der Waals surface area contributed by atoms with E-state index in [1.165, 1.54) is 161 Å². The van der Waals surface area contributed by atoms with E-state index in [9.17, 15) is 0 Å². The van der Waals surface area contributed by atoms with Gasteiger partial charge in [-0.3, -0.25) is 0 Å². The maximum Gasteiger partial charge on any atom is -0.0443 e. The van der Waals surface area contributed by atoms with Gasteiger partial charge < -0.3 is 0 Å². The molecule has 2 atom stereocenters. The van der Waals surface area contributed by atoms with Crippen LogP contribution in [0.1, 0.15) is 195 Å². The Bertz CT molecular complexity index is 344. The predicted molar refractivity (Wildman–Crippen MR) is 154 cm³/mol. The van der Waals surface area contributed by atoms with Gasteiger partial charge in [0, 0.05) is 0 Å². The lowest BCUT2D eigenvalue weighted by Gasteiger charge is -2.13. The maximum atomic E-state index is 2.50. The molecule has 0 N–H and O–H groups in total. The minimum Gasteiger partial charge on any atom is -0.0654 e. The summed E-state index contributed by atoms with van der Waals surface area (Å²) < 4.78 is 0. The first-order valence-electron chi connectivity index (χ1n) is 16.1. The zero-order valence-electron chi connectivity index (χ0n) is 24.4. The van der Waals surface area contributed by atoms with Gasteiger partial charge in [-0.05, 0) is 17.8 Å². The molecule has 0 aliphatic heterocycles. The summed E-state index contributed by atoms with van der Waals surface area (Å²) >= 11 is 0. The second-order valence-corrected chi connectivity index (χ2v) is 12.3. The molecule has 33 heavy (non-hydrogen) atoms. The van der Waals surface area contributed by atoms with Gasteiger partial charge in [0.25, 0.3) is 0 Å². The van der Waals surface area contributed by atoms with Crippen molar-refractivity contribution in [2.75, 3.05) is 0 Å². The number of unbranched alkanes of at least 4 members (excludes halogenated alkanes) is 17. The van der Waals surface area contributed by atoms with Crippen LogP contribution in [0.5, 0.6) is 0 Å². The molecule has 0 aromatic heterocycles. The van der Waals surface area contributed by atoms with Crippen molar-refractivity contribution in [1.29, 1.82) is 0 Å². The molecule has 200 valence electrons. The first kappa shape index (κ1) is 33.0. The molecule has 0 fully saturated rings. The van der Waals surface area contributed by atoms with E-state index >= 15 is 0 Å². The third kappa shape index (κ3) is 28.1. The Kier molecular flexibility index (Phi) is 26.6. The Balaban J connectivity index is 3.22. The summed E-state index contributed by atoms with van der Waals surface area (Å²) in [5.74, 6) is 2.79. The first-order chi connectivity index (χ1) is 16.1. The van der Waals surface area contributed by atoms with Gasteiger partial charge in [0.1, 0.15) is 0 Å². The molecule has 0 aromatic rings. The zero-order chi connectivity index (χ0) is 24.4. The quantitative estimate of drug-likeness (QED) is 0.106. The fourth-order valence-electron chi connectivity index (χ4n) is 5.37. The van der Waals surface area contributed by atoms with Crippen molar-refractivity contribution in [2.45, 2.75) is 195 Å². The second-order valence-electron chi connectivity index (χ2n) is 12.3. The van der Waals surface area contributed by atoms with E-state index in [4.69, 9.17) is 0 Å². The summed E-state index contributed by atoms with van der Waals surface area (Å²) in [5.41, 5.74) is 0. The van der Waals surface area contributed by atoms with E-state index < -0.39 is 0 Å². The molecule has 0 amide bonds. The highest BCUT2D eigenvalue weighted by molar-refractivity contribution is 4.59.